The average Bonchev–Trinajstić information content (AvgIpc) is 2.26. The zero-order chi connectivity index (χ0) is 13.8. The van der Waals surface area contributed by atoms with Crippen LogP contribution in [0.15, 0.2) is 18.2 Å². The Morgan fingerprint density at radius 1 is 1.39 bits per heavy atom. The Morgan fingerprint density at radius 2 is 2.06 bits per heavy atom. The van der Waals surface area contributed by atoms with Crippen molar-refractivity contribution >= 4 is 27.7 Å². The molecular weight excluding hydrogens is 298 g/mol. The number of carbonyl (C=O) groups excluding carboxylic acids is 1. The number of benzene rings is 1. The highest BCUT2D eigenvalue weighted by atomic mass is 79.9. The highest BCUT2D eigenvalue weighted by molar-refractivity contribution is 9.08. The molecule has 0 spiro atoms. The Hall–Kier alpha value is -1.23. The Labute approximate surface area is 116 Å². The summed E-state index contributed by atoms with van der Waals surface area (Å²) in [7, 11) is 1.61. The molecule has 0 atom stereocenters. The number of alkyl halides is 1. The minimum Gasteiger partial charge on any atom is -0.496 e. The second-order valence-electron chi connectivity index (χ2n) is 4.79. The van der Waals surface area contributed by atoms with E-state index in [9.17, 15) is 4.79 Å². The molecule has 0 aliphatic heterocycles. The fourth-order valence-corrected chi connectivity index (χ4v) is 1.82. The second-order valence-corrected chi connectivity index (χ2v) is 5.35. The third-order valence-electron chi connectivity index (χ3n) is 2.07. The van der Waals surface area contributed by atoms with Crippen LogP contribution < -0.4 is 10.1 Å². The first kappa shape index (κ1) is 14.8. The lowest BCUT2D eigenvalue weighted by atomic mass is 10.2. The third kappa shape index (κ3) is 4.56. The van der Waals surface area contributed by atoms with Crippen molar-refractivity contribution < 1.29 is 14.3 Å². The first-order chi connectivity index (χ1) is 8.35. The molecule has 1 aromatic carbocycles. The van der Waals surface area contributed by atoms with Crippen LogP contribution in [0.2, 0.25) is 0 Å². The van der Waals surface area contributed by atoms with Gasteiger partial charge in [-0.05, 0) is 39.0 Å². The van der Waals surface area contributed by atoms with Gasteiger partial charge in [-0.1, -0.05) is 15.9 Å². The van der Waals surface area contributed by atoms with Crippen molar-refractivity contribution in [3.8, 4) is 5.75 Å². The maximum atomic E-state index is 11.6. The monoisotopic (exact) mass is 315 g/mol. The number of rotatable bonds is 3. The van der Waals surface area contributed by atoms with E-state index >= 15 is 0 Å². The van der Waals surface area contributed by atoms with E-state index in [2.05, 4.69) is 21.2 Å². The standard InChI is InChI=1S/C13H18BrNO3/c1-13(2,3)18-12(16)15-10-5-6-11(17-4)9(7-10)8-14/h5-7H,8H2,1-4H3,(H,15,16). The number of amides is 1. The summed E-state index contributed by atoms with van der Waals surface area (Å²) in [5, 5.41) is 3.34. The molecule has 5 heteroatoms. The summed E-state index contributed by atoms with van der Waals surface area (Å²) in [6, 6.07) is 5.43. The number of halogens is 1. The number of anilines is 1. The molecular formula is C13H18BrNO3. The predicted octanol–water partition coefficient (Wildman–Crippen LogP) is 3.94. The van der Waals surface area contributed by atoms with Gasteiger partial charge in [-0.3, -0.25) is 5.32 Å². The normalized spacial score (nSPS) is 10.9. The lowest BCUT2D eigenvalue weighted by Crippen LogP contribution is -2.27. The molecule has 0 unspecified atom stereocenters. The number of nitrogens with one attached hydrogen (secondary N) is 1. The van der Waals surface area contributed by atoms with Gasteiger partial charge in [0, 0.05) is 16.6 Å². The van der Waals surface area contributed by atoms with Crippen molar-refractivity contribution in [2.24, 2.45) is 0 Å². The molecule has 18 heavy (non-hydrogen) atoms. The lowest BCUT2D eigenvalue weighted by molar-refractivity contribution is 0.0636. The molecule has 0 heterocycles. The maximum absolute atomic E-state index is 11.6. The van der Waals surface area contributed by atoms with Gasteiger partial charge < -0.3 is 9.47 Å². The number of hydrogen-bond acceptors (Lipinski definition) is 3. The van der Waals surface area contributed by atoms with Crippen LogP contribution in [0, 0.1) is 0 Å². The first-order valence-corrected chi connectivity index (χ1v) is 6.71. The van der Waals surface area contributed by atoms with Crippen LogP contribution in [-0.2, 0) is 10.1 Å². The molecule has 0 saturated heterocycles. The van der Waals surface area contributed by atoms with Crippen LogP contribution in [0.5, 0.6) is 5.75 Å². The van der Waals surface area contributed by atoms with Crippen LogP contribution in [0.3, 0.4) is 0 Å². The van der Waals surface area contributed by atoms with Crippen LogP contribution >= 0.6 is 15.9 Å². The summed E-state index contributed by atoms with van der Waals surface area (Å²) in [6.45, 7) is 5.47. The number of carbonyl (C=O) groups is 1. The summed E-state index contributed by atoms with van der Waals surface area (Å²) >= 11 is 3.37. The topological polar surface area (TPSA) is 47.6 Å². The van der Waals surface area contributed by atoms with Crippen molar-refractivity contribution in [2.75, 3.05) is 12.4 Å². The van der Waals surface area contributed by atoms with Gasteiger partial charge in [0.15, 0.2) is 0 Å². The molecule has 1 aromatic rings. The molecule has 1 N–H and O–H groups in total. The number of hydrogen-bond donors (Lipinski definition) is 1. The van der Waals surface area contributed by atoms with Gasteiger partial charge in [0.05, 0.1) is 7.11 Å². The largest absolute Gasteiger partial charge is 0.496 e. The first-order valence-electron chi connectivity index (χ1n) is 5.58. The van der Waals surface area contributed by atoms with Gasteiger partial charge in [-0.2, -0.15) is 0 Å². The van der Waals surface area contributed by atoms with E-state index in [1.165, 1.54) is 0 Å². The zero-order valence-electron chi connectivity index (χ0n) is 11.0. The summed E-state index contributed by atoms with van der Waals surface area (Å²) < 4.78 is 10.4. The third-order valence-corrected chi connectivity index (χ3v) is 2.67. The van der Waals surface area contributed by atoms with Crippen LogP contribution in [0.25, 0.3) is 0 Å². The van der Waals surface area contributed by atoms with Crippen molar-refractivity contribution in [1.82, 2.24) is 0 Å². The summed E-state index contributed by atoms with van der Waals surface area (Å²) in [5.41, 5.74) is 1.14. The lowest BCUT2D eigenvalue weighted by Gasteiger charge is -2.20. The Kier molecular flexibility index (Phi) is 5.02. The van der Waals surface area contributed by atoms with Crippen molar-refractivity contribution in [1.29, 1.82) is 0 Å². The fraction of sp³-hybridized carbons (Fsp3) is 0.462. The zero-order valence-corrected chi connectivity index (χ0v) is 12.6. The van der Waals surface area contributed by atoms with Crippen molar-refractivity contribution in [3.05, 3.63) is 23.8 Å². The SMILES string of the molecule is COc1ccc(NC(=O)OC(C)(C)C)cc1CBr. The Bertz CT molecular complexity index is 427. The van der Waals surface area contributed by atoms with Crippen LogP contribution in [0.4, 0.5) is 10.5 Å². The molecule has 0 aliphatic rings. The Morgan fingerprint density at radius 3 is 2.56 bits per heavy atom. The van der Waals surface area contributed by atoms with Gasteiger partial charge in [0.25, 0.3) is 0 Å². The highest BCUT2D eigenvalue weighted by Crippen LogP contribution is 2.25. The van der Waals surface area contributed by atoms with Gasteiger partial charge in [0.1, 0.15) is 11.4 Å². The summed E-state index contributed by atoms with van der Waals surface area (Å²) in [6.07, 6.45) is -0.465. The van der Waals surface area contributed by atoms with Gasteiger partial charge in [-0.15, -0.1) is 0 Å². The maximum Gasteiger partial charge on any atom is 0.412 e. The average molecular weight is 316 g/mol. The van der Waals surface area contributed by atoms with Crippen LogP contribution in [-0.4, -0.2) is 18.8 Å². The molecule has 0 saturated carbocycles. The molecule has 100 valence electrons. The van der Waals surface area contributed by atoms with E-state index in [-0.39, 0.29) is 0 Å². The van der Waals surface area contributed by atoms with Gasteiger partial charge in [0.2, 0.25) is 0 Å². The van der Waals surface area contributed by atoms with E-state index in [4.69, 9.17) is 9.47 Å². The molecule has 0 fully saturated rings. The fourth-order valence-electron chi connectivity index (χ4n) is 1.38. The summed E-state index contributed by atoms with van der Waals surface area (Å²) in [4.78, 5) is 11.6. The second kappa shape index (κ2) is 6.09. The molecule has 0 aliphatic carbocycles. The van der Waals surface area contributed by atoms with Crippen molar-refractivity contribution in [2.45, 2.75) is 31.7 Å². The molecule has 0 bridgehead atoms. The quantitative estimate of drug-likeness (QED) is 0.859. The van der Waals surface area contributed by atoms with E-state index < -0.39 is 11.7 Å². The van der Waals surface area contributed by atoms with Gasteiger partial charge >= 0.3 is 6.09 Å². The smallest absolute Gasteiger partial charge is 0.412 e. The Balaban J connectivity index is 2.76. The van der Waals surface area contributed by atoms with Gasteiger partial charge in [-0.25, -0.2) is 4.79 Å². The molecule has 4 nitrogen and oxygen atoms in total. The minimum absolute atomic E-state index is 0.465. The van der Waals surface area contributed by atoms with E-state index in [0.29, 0.717) is 11.0 Å². The molecule has 0 aromatic heterocycles. The molecule has 1 rings (SSSR count). The van der Waals surface area contributed by atoms with E-state index in [1.807, 2.05) is 32.9 Å². The number of methoxy groups -OCH3 is 1. The predicted molar refractivity (Wildman–Crippen MR) is 75.5 cm³/mol. The van der Waals surface area contributed by atoms with Crippen LogP contribution in [0.1, 0.15) is 26.3 Å². The highest BCUT2D eigenvalue weighted by Gasteiger charge is 2.16. The minimum atomic E-state index is -0.505. The number of ether oxygens (including phenoxy) is 2. The van der Waals surface area contributed by atoms with E-state index in [0.717, 1.165) is 11.3 Å². The van der Waals surface area contributed by atoms with E-state index in [1.54, 1.807) is 13.2 Å². The molecule has 1 amide bonds. The van der Waals surface area contributed by atoms with Crippen molar-refractivity contribution in [3.63, 3.8) is 0 Å². The summed E-state index contributed by atoms with van der Waals surface area (Å²) in [5.74, 6) is 0.779. The molecule has 0 radical (unpaired) electrons.